The van der Waals surface area contributed by atoms with Gasteiger partial charge in [-0.2, -0.15) is 0 Å². The Morgan fingerprint density at radius 1 is 1.13 bits per heavy atom. The van der Waals surface area contributed by atoms with Gasteiger partial charge < -0.3 is 4.90 Å². The summed E-state index contributed by atoms with van der Waals surface area (Å²) in [5.41, 5.74) is 0. The van der Waals surface area contributed by atoms with E-state index in [4.69, 9.17) is 6.42 Å². The third-order valence-corrected chi connectivity index (χ3v) is 2.92. The predicted molar refractivity (Wildman–Crippen MR) is 62.3 cm³/mol. The zero-order chi connectivity index (χ0) is 10.9. The van der Waals surface area contributed by atoms with Gasteiger partial charge in [-0.3, -0.25) is 4.79 Å². The molecule has 0 saturated carbocycles. The van der Waals surface area contributed by atoms with E-state index in [0.29, 0.717) is 12.3 Å². The van der Waals surface area contributed by atoms with Crippen molar-refractivity contribution in [2.75, 3.05) is 13.1 Å². The van der Waals surface area contributed by atoms with Gasteiger partial charge in [0.05, 0.1) is 0 Å². The van der Waals surface area contributed by atoms with Crippen LogP contribution in [0.1, 0.15) is 51.4 Å². The van der Waals surface area contributed by atoms with E-state index in [1.165, 1.54) is 25.7 Å². The second-order valence-corrected chi connectivity index (χ2v) is 4.21. The van der Waals surface area contributed by atoms with Crippen molar-refractivity contribution < 1.29 is 4.79 Å². The molecule has 0 N–H and O–H groups in total. The second-order valence-electron chi connectivity index (χ2n) is 4.21. The van der Waals surface area contributed by atoms with E-state index in [1.54, 1.807) is 0 Å². The monoisotopic (exact) mass is 207 g/mol. The zero-order valence-electron chi connectivity index (χ0n) is 9.50. The summed E-state index contributed by atoms with van der Waals surface area (Å²) in [6.45, 7) is 1.93. The normalized spacial score (nSPS) is 16.9. The fourth-order valence-electron chi connectivity index (χ4n) is 1.98. The van der Waals surface area contributed by atoms with Crippen molar-refractivity contribution in [1.29, 1.82) is 0 Å². The van der Waals surface area contributed by atoms with Gasteiger partial charge >= 0.3 is 0 Å². The summed E-state index contributed by atoms with van der Waals surface area (Å²) in [4.78, 5) is 13.8. The predicted octanol–water partition coefficient (Wildman–Crippen LogP) is 2.58. The third-order valence-electron chi connectivity index (χ3n) is 2.92. The molecule has 0 aromatic rings. The molecule has 2 nitrogen and oxygen atoms in total. The number of likely N-dealkylation sites (tertiary alicyclic amines) is 1. The molecule has 0 aliphatic carbocycles. The van der Waals surface area contributed by atoms with Gasteiger partial charge in [-0.25, -0.2) is 0 Å². The quantitative estimate of drug-likeness (QED) is 0.512. The molecule has 1 aliphatic rings. The van der Waals surface area contributed by atoms with E-state index >= 15 is 0 Å². The summed E-state index contributed by atoms with van der Waals surface area (Å²) in [7, 11) is 0. The minimum atomic E-state index is 0.328. The lowest BCUT2D eigenvalue weighted by atomic mass is 10.2. The first-order valence-electron chi connectivity index (χ1n) is 6.06. The van der Waals surface area contributed by atoms with E-state index in [9.17, 15) is 4.79 Å². The van der Waals surface area contributed by atoms with Gasteiger partial charge in [-0.15, -0.1) is 12.3 Å². The first-order chi connectivity index (χ1) is 7.34. The SMILES string of the molecule is C#CCCCCC(=O)N1CCCCCC1. The standard InChI is InChI=1S/C13H21NO/c1-2-3-4-7-10-13(15)14-11-8-5-6-9-12-14/h1H,3-12H2. The van der Waals surface area contributed by atoms with Gasteiger partial charge in [0.25, 0.3) is 0 Å². The lowest BCUT2D eigenvalue weighted by Gasteiger charge is -2.20. The van der Waals surface area contributed by atoms with Crippen molar-refractivity contribution in [2.45, 2.75) is 51.4 Å². The number of carbonyl (C=O) groups is 1. The average Bonchev–Trinajstić information content (AvgIpc) is 2.52. The smallest absolute Gasteiger partial charge is 0.222 e. The Labute approximate surface area is 93.0 Å². The number of hydrogen-bond acceptors (Lipinski definition) is 1. The van der Waals surface area contributed by atoms with E-state index in [2.05, 4.69) is 5.92 Å². The lowest BCUT2D eigenvalue weighted by Crippen LogP contribution is -2.31. The van der Waals surface area contributed by atoms with Crippen molar-refractivity contribution in [3.63, 3.8) is 0 Å². The van der Waals surface area contributed by atoms with Gasteiger partial charge in [-0.1, -0.05) is 12.8 Å². The molecule has 0 spiro atoms. The van der Waals surface area contributed by atoms with Crippen LogP contribution < -0.4 is 0 Å². The zero-order valence-corrected chi connectivity index (χ0v) is 9.50. The summed E-state index contributed by atoms with van der Waals surface area (Å²) < 4.78 is 0. The number of terminal acetylenes is 1. The van der Waals surface area contributed by atoms with Crippen molar-refractivity contribution >= 4 is 5.91 Å². The molecule has 84 valence electrons. The Morgan fingerprint density at radius 2 is 1.80 bits per heavy atom. The van der Waals surface area contributed by atoms with E-state index in [1.807, 2.05) is 4.90 Å². The lowest BCUT2D eigenvalue weighted by molar-refractivity contribution is -0.131. The molecule has 1 amide bonds. The summed E-state index contributed by atoms with van der Waals surface area (Å²) in [5.74, 6) is 2.93. The molecule has 2 heteroatoms. The summed E-state index contributed by atoms with van der Waals surface area (Å²) in [6.07, 6.45) is 13.5. The molecule has 0 aromatic heterocycles. The highest BCUT2D eigenvalue weighted by atomic mass is 16.2. The molecule has 0 aromatic carbocycles. The maximum Gasteiger partial charge on any atom is 0.222 e. The minimum Gasteiger partial charge on any atom is -0.343 e. The molecule has 1 aliphatic heterocycles. The molecule has 1 fully saturated rings. The van der Waals surface area contributed by atoms with Crippen LogP contribution in [0.2, 0.25) is 0 Å². The molecule has 15 heavy (non-hydrogen) atoms. The molecule has 1 saturated heterocycles. The molecule has 1 rings (SSSR count). The number of hydrogen-bond donors (Lipinski definition) is 0. The Kier molecular flexibility index (Phi) is 5.92. The highest BCUT2D eigenvalue weighted by molar-refractivity contribution is 5.76. The highest BCUT2D eigenvalue weighted by Crippen LogP contribution is 2.12. The van der Waals surface area contributed by atoms with Gasteiger partial charge in [-0.05, 0) is 25.7 Å². The average molecular weight is 207 g/mol. The fraction of sp³-hybridized carbons (Fsp3) is 0.769. The number of unbranched alkanes of at least 4 members (excludes halogenated alkanes) is 2. The molecule has 0 atom stereocenters. The van der Waals surface area contributed by atoms with Crippen LogP contribution in [0.3, 0.4) is 0 Å². The Balaban J connectivity index is 2.17. The number of rotatable bonds is 4. The Hall–Kier alpha value is -0.970. The Bertz CT molecular complexity index is 221. The van der Waals surface area contributed by atoms with E-state index < -0.39 is 0 Å². The molecular weight excluding hydrogens is 186 g/mol. The maximum atomic E-state index is 11.8. The van der Waals surface area contributed by atoms with Crippen molar-refractivity contribution in [3.8, 4) is 12.3 Å². The van der Waals surface area contributed by atoms with Crippen LogP contribution in [0.15, 0.2) is 0 Å². The third kappa shape index (κ3) is 4.88. The van der Waals surface area contributed by atoms with Crippen LogP contribution in [0.25, 0.3) is 0 Å². The Morgan fingerprint density at radius 3 is 2.40 bits per heavy atom. The van der Waals surface area contributed by atoms with Gasteiger partial charge in [0.1, 0.15) is 0 Å². The fourth-order valence-corrected chi connectivity index (χ4v) is 1.98. The van der Waals surface area contributed by atoms with Crippen LogP contribution in [0.4, 0.5) is 0 Å². The van der Waals surface area contributed by atoms with E-state index in [-0.39, 0.29) is 0 Å². The van der Waals surface area contributed by atoms with Gasteiger partial charge in [0.2, 0.25) is 5.91 Å². The van der Waals surface area contributed by atoms with Crippen LogP contribution in [-0.4, -0.2) is 23.9 Å². The number of nitrogens with zero attached hydrogens (tertiary/aromatic N) is 1. The number of carbonyl (C=O) groups excluding carboxylic acids is 1. The van der Waals surface area contributed by atoms with Crippen LogP contribution >= 0.6 is 0 Å². The van der Waals surface area contributed by atoms with Crippen LogP contribution in [0, 0.1) is 12.3 Å². The first kappa shape index (κ1) is 12.1. The highest BCUT2D eigenvalue weighted by Gasteiger charge is 2.14. The summed E-state index contributed by atoms with van der Waals surface area (Å²) in [6, 6.07) is 0. The number of amides is 1. The first-order valence-corrected chi connectivity index (χ1v) is 6.06. The topological polar surface area (TPSA) is 20.3 Å². The molecule has 1 heterocycles. The molecular formula is C13H21NO. The minimum absolute atomic E-state index is 0.328. The molecule has 0 bridgehead atoms. The van der Waals surface area contributed by atoms with Crippen LogP contribution in [-0.2, 0) is 4.79 Å². The largest absolute Gasteiger partial charge is 0.343 e. The van der Waals surface area contributed by atoms with Crippen molar-refractivity contribution in [1.82, 2.24) is 4.90 Å². The summed E-state index contributed by atoms with van der Waals surface area (Å²) >= 11 is 0. The van der Waals surface area contributed by atoms with Crippen molar-refractivity contribution in [3.05, 3.63) is 0 Å². The molecule has 0 unspecified atom stereocenters. The second kappa shape index (κ2) is 7.34. The van der Waals surface area contributed by atoms with Gasteiger partial charge in [0.15, 0.2) is 0 Å². The van der Waals surface area contributed by atoms with Gasteiger partial charge in [0, 0.05) is 25.9 Å². The maximum absolute atomic E-state index is 11.8. The van der Waals surface area contributed by atoms with Crippen molar-refractivity contribution in [2.24, 2.45) is 0 Å². The summed E-state index contributed by atoms with van der Waals surface area (Å²) in [5, 5.41) is 0. The van der Waals surface area contributed by atoms with Crippen LogP contribution in [0.5, 0.6) is 0 Å². The molecule has 0 radical (unpaired) electrons. The van der Waals surface area contributed by atoms with E-state index in [0.717, 1.165) is 32.4 Å².